The Balaban J connectivity index is 1.56. The molecule has 1 aromatic heterocycles. The lowest BCUT2D eigenvalue weighted by Crippen LogP contribution is -1.86. The summed E-state index contributed by atoms with van der Waals surface area (Å²) in [5, 5.41) is 1.23. The van der Waals surface area contributed by atoms with E-state index in [4.69, 9.17) is 4.42 Å². The van der Waals surface area contributed by atoms with Gasteiger partial charge in [-0.05, 0) is 55.0 Å². The number of fused-ring (bicyclic) bond motifs is 1. The molecule has 3 rings (SSSR count). The molecule has 0 atom stereocenters. The number of rotatable bonds is 13. The van der Waals surface area contributed by atoms with Crippen LogP contribution in [0, 0.1) is 0 Å². The van der Waals surface area contributed by atoms with Crippen LogP contribution in [0.5, 0.6) is 0 Å². The zero-order valence-corrected chi connectivity index (χ0v) is 18.5. The summed E-state index contributed by atoms with van der Waals surface area (Å²) < 4.78 is 6.13. The molecule has 0 radical (unpaired) electrons. The highest BCUT2D eigenvalue weighted by Crippen LogP contribution is 2.29. The second-order valence-corrected chi connectivity index (χ2v) is 8.51. The smallest absolute Gasteiger partial charge is 0.135 e. The van der Waals surface area contributed by atoms with E-state index in [0.29, 0.717) is 0 Å². The number of hydrogen-bond acceptors (Lipinski definition) is 1. The minimum Gasteiger partial charge on any atom is -0.456 e. The summed E-state index contributed by atoms with van der Waals surface area (Å²) >= 11 is 0. The summed E-state index contributed by atoms with van der Waals surface area (Å²) in [7, 11) is 0. The van der Waals surface area contributed by atoms with E-state index in [2.05, 4.69) is 62.4 Å². The van der Waals surface area contributed by atoms with E-state index < -0.39 is 0 Å². The number of hydrogen-bond donors (Lipinski definition) is 0. The Kier molecular flexibility index (Phi) is 8.86. The highest BCUT2D eigenvalue weighted by Gasteiger charge is 2.07. The van der Waals surface area contributed by atoms with E-state index in [0.717, 1.165) is 11.3 Å². The Labute approximate surface area is 177 Å². The molecule has 0 aliphatic rings. The van der Waals surface area contributed by atoms with Gasteiger partial charge in [-0.1, -0.05) is 95.5 Å². The minimum absolute atomic E-state index is 0.981. The number of furan rings is 1. The van der Waals surface area contributed by atoms with Gasteiger partial charge in [0, 0.05) is 10.9 Å². The standard InChI is InChI=1S/C28H38O/c1-3-5-7-9-10-12-14-24-17-20-27-26(21-24)22-28(29-27)25-18-15-23(16-19-25)13-11-8-6-4-2/h15-22H,3-14H2,1-2H3. The monoisotopic (exact) mass is 390 g/mol. The molecule has 0 unspecified atom stereocenters. The van der Waals surface area contributed by atoms with Crippen LogP contribution in [0.4, 0.5) is 0 Å². The first-order valence-electron chi connectivity index (χ1n) is 11.9. The molecule has 3 aromatic rings. The van der Waals surface area contributed by atoms with Crippen LogP contribution in [-0.4, -0.2) is 0 Å². The molecule has 2 aromatic carbocycles. The van der Waals surface area contributed by atoms with Crippen molar-refractivity contribution in [3.8, 4) is 11.3 Å². The van der Waals surface area contributed by atoms with E-state index in [9.17, 15) is 0 Å². The molecular weight excluding hydrogens is 352 g/mol. The zero-order valence-electron chi connectivity index (χ0n) is 18.5. The lowest BCUT2D eigenvalue weighted by atomic mass is 10.0. The van der Waals surface area contributed by atoms with Gasteiger partial charge in [0.25, 0.3) is 0 Å². The molecule has 29 heavy (non-hydrogen) atoms. The average molecular weight is 391 g/mol. The molecular formula is C28H38O. The fraction of sp³-hybridized carbons (Fsp3) is 0.500. The van der Waals surface area contributed by atoms with Gasteiger partial charge in [0.15, 0.2) is 0 Å². The Morgan fingerprint density at radius 3 is 1.90 bits per heavy atom. The summed E-state index contributed by atoms with van der Waals surface area (Å²) in [6.45, 7) is 4.54. The maximum absolute atomic E-state index is 6.13. The molecule has 156 valence electrons. The van der Waals surface area contributed by atoms with Crippen molar-refractivity contribution in [2.75, 3.05) is 0 Å². The minimum atomic E-state index is 0.981. The maximum atomic E-state index is 6.13. The topological polar surface area (TPSA) is 13.1 Å². The fourth-order valence-electron chi connectivity index (χ4n) is 4.09. The van der Waals surface area contributed by atoms with E-state index in [1.54, 1.807) is 0 Å². The van der Waals surface area contributed by atoms with Crippen molar-refractivity contribution >= 4 is 11.0 Å². The summed E-state index contributed by atoms with van der Waals surface area (Å²) in [4.78, 5) is 0. The van der Waals surface area contributed by atoms with Crippen molar-refractivity contribution in [2.24, 2.45) is 0 Å². The molecule has 1 heterocycles. The van der Waals surface area contributed by atoms with Crippen LogP contribution in [0.1, 0.15) is 89.2 Å². The quantitative estimate of drug-likeness (QED) is 0.265. The van der Waals surface area contributed by atoms with Crippen LogP contribution in [0.15, 0.2) is 52.9 Å². The van der Waals surface area contributed by atoms with Crippen molar-refractivity contribution in [3.63, 3.8) is 0 Å². The summed E-state index contributed by atoms with van der Waals surface area (Å²) in [5.74, 6) is 0.981. The molecule has 1 nitrogen and oxygen atoms in total. The van der Waals surface area contributed by atoms with E-state index in [-0.39, 0.29) is 0 Å². The van der Waals surface area contributed by atoms with Crippen LogP contribution in [-0.2, 0) is 12.8 Å². The van der Waals surface area contributed by atoms with Gasteiger partial charge in [-0.3, -0.25) is 0 Å². The Bertz CT molecular complexity index is 840. The summed E-state index contributed by atoms with van der Waals surface area (Å²) in [6.07, 6.45) is 15.7. The van der Waals surface area contributed by atoms with Crippen molar-refractivity contribution in [2.45, 2.75) is 90.9 Å². The maximum Gasteiger partial charge on any atom is 0.135 e. The van der Waals surface area contributed by atoms with Crippen LogP contribution < -0.4 is 0 Å². The first kappa shape index (κ1) is 21.7. The van der Waals surface area contributed by atoms with Crippen LogP contribution in [0.3, 0.4) is 0 Å². The van der Waals surface area contributed by atoms with E-state index in [1.807, 2.05) is 0 Å². The highest BCUT2D eigenvalue weighted by atomic mass is 16.3. The Morgan fingerprint density at radius 1 is 0.586 bits per heavy atom. The molecule has 0 N–H and O–H groups in total. The molecule has 0 saturated heterocycles. The van der Waals surface area contributed by atoms with Gasteiger partial charge >= 0.3 is 0 Å². The molecule has 0 spiro atoms. The fourth-order valence-corrected chi connectivity index (χ4v) is 4.09. The molecule has 0 saturated carbocycles. The van der Waals surface area contributed by atoms with Crippen molar-refractivity contribution in [3.05, 3.63) is 59.7 Å². The Hall–Kier alpha value is -2.02. The first-order chi connectivity index (χ1) is 14.3. The van der Waals surface area contributed by atoms with Gasteiger partial charge < -0.3 is 4.42 Å². The van der Waals surface area contributed by atoms with Gasteiger partial charge in [0.1, 0.15) is 11.3 Å². The third-order valence-electron chi connectivity index (χ3n) is 5.96. The third-order valence-corrected chi connectivity index (χ3v) is 5.96. The SMILES string of the molecule is CCCCCCCCc1ccc2oc(-c3ccc(CCCCCC)cc3)cc2c1. The largest absolute Gasteiger partial charge is 0.456 e. The second-order valence-electron chi connectivity index (χ2n) is 8.51. The molecule has 0 aliphatic heterocycles. The molecule has 0 amide bonds. The number of unbranched alkanes of at least 4 members (excludes halogenated alkanes) is 8. The summed E-state index contributed by atoms with van der Waals surface area (Å²) in [5.41, 5.74) is 5.04. The summed E-state index contributed by atoms with van der Waals surface area (Å²) in [6, 6.07) is 17.9. The number of benzene rings is 2. The van der Waals surface area contributed by atoms with E-state index >= 15 is 0 Å². The van der Waals surface area contributed by atoms with Crippen molar-refractivity contribution in [1.82, 2.24) is 0 Å². The Morgan fingerprint density at radius 2 is 1.17 bits per heavy atom. The van der Waals surface area contributed by atoms with E-state index in [1.165, 1.54) is 99.1 Å². The van der Waals surface area contributed by atoms with Gasteiger partial charge in [0.05, 0.1) is 0 Å². The normalized spacial score (nSPS) is 11.4. The lowest BCUT2D eigenvalue weighted by Gasteiger charge is -2.02. The third kappa shape index (κ3) is 6.77. The predicted molar refractivity (Wildman–Crippen MR) is 127 cm³/mol. The molecule has 0 aliphatic carbocycles. The van der Waals surface area contributed by atoms with Crippen LogP contribution in [0.2, 0.25) is 0 Å². The average Bonchev–Trinajstić information content (AvgIpc) is 3.17. The van der Waals surface area contributed by atoms with Gasteiger partial charge in [0.2, 0.25) is 0 Å². The van der Waals surface area contributed by atoms with Crippen molar-refractivity contribution < 1.29 is 4.42 Å². The van der Waals surface area contributed by atoms with Crippen LogP contribution >= 0.6 is 0 Å². The molecule has 1 heteroatoms. The lowest BCUT2D eigenvalue weighted by molar-refractivity contribution is 0.607. The predicted octanol–water partition coefficient (Wildman–Crippen LogP) is 9.13. The number of aryl methyl sites for hydroxylation is 2. The van der Waals surface area contributed by atoms with Gasteiger partial charge in [-0.25, -0.2) is 0 Å². The van der Waals surface area contributed by atoms with Gasteiger partial charge in [-0.2, -0.15) is 0 Å². The molecule has 0 bridgehead atoms. The van der Waals surface area contributed by atoms with Gasteiger partial charge in [-0.15, -0.1) is 0 Å². The first-order valence-corrected chi connectivity index (χ1v) is 11.9. The van der Waals surface area contributed by atoms with Crippen LogP contribution in [0.25, 0.3) is 22.3 Å². The highest BCUT2D eigenvalue weighted by molar-refractivity contribution is 5.83. The second kappa shape index (κ2) is 11.9. The van der Waals surface area contributed by atoms with Crippen molar-refractivity contribution in [1.29, 1.82) is 0 Å². The molecule has 0 fully saturated rings. The zero-order chi connectivity index (χ0) is 20.3.